The van der Waals surface area contributed by atoms with Gasteiger partial charge in [-0.2, -0.15) is 0 Å². The molecule has 4 rings (SSSR count). The minimum absolute atomic E-state index is 0.00690. The first kappa shape index (κ1) is 24.6. The summed E-state index contributed by atoms with van der Waals surface area (Å²) < 4.78 is 1.17. The van der Waals surface area contributed by atoms with E-state index in [-0.39, 0.29) is 23.9 Å². The highest BCUT2D eigenvalue weighted by Gasteiger charge is 2.30. The number of nitrogens with one attached hydrogen (secondary N) is 2. The Morgan fingerprint density at radius 2 is 1.94 bits per heavy atom. The van der Waals surface area contributed by atoms with Crippen molar-refractivity contribution in [2.45, 2.75) is 38.4 Å². The van der Waals surface area contributed by atoms with E-state index < -0.39 is 0 Å². The highest BCUT2D eigenvalue weighted by Crippen LogP contribution is 2.18. The summed E-state index contributed by atoms with van der Waals surface area (Å²) in [6, 6.07) is 19.8. The Hall–Kier alpha value is -2.49. The number of hydrogen-bond donors (Lipinski definition) is 3. The summed E-state index contributed by atoms with van der Waals surface area (Å²) in [6.45, 7) is 4.16. The molecule has 178 valence electrons. The van der Waals surface area contributed by atoms with Crippen molar-refractivity contribution in [1.29, 1.82) is 0 Å². The van der Waals surface area contributed by atoms with E-state index >= 15 is 0 Å². The number of carbonyl (C=O) groups is 2. The molecular formula is C27H31IN4O2. The van der Waals surface area contributed by atoms with Gasteiger partial charge in [-0.3, -0.25) is 9.59 Å². The minimum Gasteiger partial charge on any atom is -0.350 e. The van der Waals surface area contributed by atoms with Gasteiger partial charge in [0.25, 0.3) is 5.91 Å². The molecule has 0 saturated carbocycles. The Balaban J connectivity index is 1.42. The topological polar surface area (TPSA) is 87.5 Å². The second-order valence-electron chi connectivity index (χ2n) is 8.95. The summed E-state index contributed by atoms with van der Waals surface area (Å²) >= 11 is 2.31. The molecule has 34 heavy (non-hydrogen) atoms. The fourth-order valence-electron chi connectivity index (χ4n) is 4.55. The average molecular weight is 570 g/mol. The van der Waals surface area contributed by atoms with Gasteiger partial charge < -0.3 is 21.3 Å². The third-order valence-corrected chi connectivity index (χ3v) is 6.87. The maximum atomic E-state index is 13.3. The van der Waals surface area contributed by atoms with Crippen LogP contribution in [0.4, 0.5) is 0 Å². The van der Waals surface area contributed by atoms with Crippen LogP contribution in [0.5, 0.6) is 0 Å². The lowest BCUT2D eigenvalue weighted by atomic mass is 10.1. The summed E-state index contributed by atoms with van der Waals surface area (Å²) in [5.41, 5.74) is 8.78. The van der Waals surface area contributed by atoms with Crippen molar-refractivity contribution in [1.82, 2.24) is 15.5 Å². The number of halogens is 1. The van der Waals surface area contributed by atoms with Gasteiger partial charge in [0.15, 0.2) is 0 Å². The molecule has 0 aliphatic carbocycles. The fraction of sp³-hybridized carbons (Fsp3) is 0.333. The van der Waals surface area contributed by atoms with Crippen molar-refractivity contribution < 1.29 is 9.59 Å². The van der Waals surface area contributed by atoms with E-state index in [1.165, 1.54) is 9.13 Å². The normalized spacial score (nSPS) is 18.7. The number of nitrogens with zero attached hydrogens (tertiary/aromatic N) is 1. The number of benzene rings is 3. The Morgan fingerprint density at radius 3 is 2.71 bits per heavy atom. The lowest BCUT2D eigenvalue weighted by molar-refractivity contribution is -0.133. The van der Waals surface area contributed by atoms with Crippen molar-refractivity contribution in [2.75, 3.05) is 19.6 Å². The van der Waals surface area contributed by atoms with Crippen LogP contribution in [0.1, 0.15) is 34.3 Å². The second kappa shape index (κ2) is 11.3. The molecule has 0 unspecified atom stereocenters. The SMILES string of the molecule is Cc1cc(I)cc(CN2CC[C@@H](CNC(=O)c3ccc4ccccc4c3)N[C@@H](CCN)C2=O)c1. The van der Waals surface area contributed by atoms with Crippen LogP contribution in [0.25, 0.3) is 10.8 Å². The number of carbonyl (C=O) groups excluding carboxylic acids is 2. The van der Waals surface area contributed by atoms with Gasteiger partial charge in [0.05, 0.1) is 6.04 Å². The highest BCUT2D eigenvalue weighted by atomic mass is 127. The Bertz CT molecular complexity index is 1160. The highest BCUT2D eigenvalue weighted by molar-refractivity contribution is 14.1. The summed E-state index contributed by atoms with van der Waals surface area (Å²) in [7, 11) is 0. The number of amides is 2. The molecule has 1 fully saturated rings. The van der Waals surface area contributed by atoms with Gasteiger partial charge >= 0.3 is 0 Å². The standard InChI is InChI=1S/C27H31IN4O2/c1-18-12-19(14-23(28)13-18)17-32-11-9-24(31-25(8-10-29)27(32)34)16-30-26(33)22-7-6-20-4-2-3-5-21(20)15-22/h2-7,12-15,24-25,31H,8-11,16-17,29H2,1H3,(H,30,33)/t24-,25-/m0/s1. The predicted octanol–water partition coefficient (Wildman–Crippen LogP) is 3.59. The summed E-state index contributed by atoms with van der Waals surface area (Å²) in [5.74, 6) is -0.0324. The molecule has 2 atom stereocenters. The Kier molecular flexibility index (Phi) is 8.18. The predicted molar refractivity (Wildman–Crippen MR) is 145 cm³/mol. The van der Waals surface area contributed by atoms with Crippen LogP contribution in [0.15, 0.2) is 60.7 Å². The van der Waals surface area contributed by atoms with Crippen LogP contribution in [0, 0.1) is 10.5 Å². The van der Waals surface area contributed by atoms with Crippen LogP contribution in [0.2, 0.25) is 0 Å². The molecule has 1 saturated heterocycles. The van der Waals surface area contributed by atoms with Crippen LogP contribution >= 0.6 is 22.6 Å². The van der Waals surface area contributed by atoms with Gasteiger partial charge in [0.2, 0.25) is 5.91 Å². The molecule has 6 nitrogen and oxygen atoms in total. The van der Waals surface area contributed by atoms with Crippen molar-refractivity contribution in [2.24, 2.45) is 5.73 Å². The first-order valence-electron chi connectivity index (χ1n) is 11.7. The zero-order chi connectivity index (χ0) is 24.1. The third kappa shape index (κ3) is 6.14. The van der Waals surface area contributed by atoms with Crippen molar-refractivity contribution >= 4 is 45.2 Å². The van der Waals surface area contributed by atoms with Gasteiger partial charge in [0.1, 0.15) is 0 Å². The molecule has 0 radical (unpaired) electrons. The Morgan fingerprint density at radius 1 is 1.15 bits per heavy atom. The average Bonchev–Trinajstić information content (AvgIpc) is 2.96. The summed E-state index contributed by atoms with van der Waals surface area (Å²) in [6.07, 6.45) is 1.32. The van der Waals surface area contributed by atoms with E-state index in [0.717, 1.165) is 22.8 Å². The third-order valence-electron chi connectivity index (χ3n) is 6.25. The number of hydrogen-bond acceptors (Lipinski definition) is 4. The van der Waals surface area contributed by atoms with Gasteiger partial charge in [-0.05, 0) is 95.1 Å². The number of aryl methyl sites for hydroxylation is 1. The fourth-order valence-corrected chi connectivity index (χ4v) is 5.44. The molecule has 1 aliphatic rings. The molecule has 7 heteroatoms. The minimum atomic E-state index is -0.348. The first-order valence-corrected chi connectivity index (χ1v) is 12.8. The molecule has 3 aromatic carbocycles. The van der Waals surface area contributed by atoms with Crippen molar-refractivity contribution in [3.8, 4) is 0 Å². The molecule has 0 aromatic heterocycles. The van der Waals surface area contributed by atoms with Crippen LogP contribution < -0.4 is 16.4 Å². The molecule has 2 amide bonds. The van der Waals surface area contributed by atoms with E-state index in [1.807, 2.05) is 47.4 Å². The lowest BCUT2D eigenvalue weighted by Crippen LogP contribution is -2.49. The molecule has 1 aliphatic heterocycles. The number of fused-ring (bicyclic) bond motifs is 1. The number of rotatable bonds is 7. The molecular weight excluding hydrogens is 539 g/mol. The van der Waals surface area contributed by atoms with Crippen molar-refractivity contribution in [3.05, 3.63) is 80.9 Å². The molecule has 1 heterocycles. The maximum Gasteiger partial charge on any atom is 0.251 e. The largest absolute Gasteiger partial charge is 0.350 e. The summed E-state index contributed by atoms with van der Waals surface area (Å²) in [5, 5.41) is 8.66. The monoisotopic (exact) mass is 570 g/mol. The smallest absolute Gasteiger partial charge is 0.251 e. The summed E-state index contributed by atoms with van der Waals surface area (Å²) in [4.78, 5) is 28.0. The van der Waals surface area contributed by atoms with E-state index in [4.69, 9.17) is 5.73 Å². The number of nitrogens with two attached hydrogens (primary N) is 1. The van der Waals surface area contributed by atoms with Gasteiger partial charge in [-0.15, -0.1) is 0 Å². The van der Waals surface area contributed by atoms with Crippen LogP contribution in [-0.4, -0.2) is 48.4 Å². The Labute approximate surface area is 214 Å². The van der Waals surface area contributed by atoms with Gasteiger partial charge in [-0.25, -0.2) is 0 Å². The van der Waals surface area contributed by atoms with E-state index in [0.29, 0.717) is 38.2 Å². The zero-order valence-electron chi connectivity index (χ0n) is 19.4. The lowest BCUT2D eigenvalue weighted by Gasteiger charge is -2.25. The van der Waals surface area contributed by atoms with Crippen LogP contribution in [0.3, 0.4) is 0 Å². The van der Waals surface area contributed by atoms with Gasteiger partial charge in [-0.1, -0.05) is 36.4 Å². The van der Waals surface area contributed by atoms with Crippen LogP contribution in [-0.2, 0) is 11.3 Å². The van der Waals surface area contributed by atoms with E-state index in [2.05, 4.69) is 58.3 Å². The van der Waals surface area contributed by atoms with E-state index in [1.54, 1.807) is 0 Å². The zero-order valence-corrected chi connectivity index (χ0v) is 21.5. The molecule has 3 aromatic rings. The molecule has 0 spiro atoms. The molecule has 0 bridgehead atoms. The second-order valence-corrected chi connectivity index (χ2v) is 10.2. The first-order chi connectivity index (χ1) is 16.4. The van der Waals surface area contributed by atoms with Gasteiger partial charge in [0, 0.05) is 34.8 Å². The molecule has 4 N–H and O–H groups in total. The maximum absolute atomic E-state index is 13.3. The quantitative estimate of drug-likeness (QED) is 0.379. The van der Waals surface area contributed by atoms with Crippen molar-refractivity contribution in [3.63, 3.8) is 0 Å². The van der Waals surface area contributed by atoms with E-state index in [9.17, 15) is 9.59 Å².